The standard InChI is InChI=1S/C23H28N2O5/c1-29-10-2-3-16-4-6-17(7-5-16)22-19-13-24(14-21(27)25(19)20(22)15-26)23(28)18-8-11-30-12-9-18/h4-7,18-20,22,26H,8-15H2,1H3/t19-,20-,22-/m1/s1. The third kappa shape index (κ3) is 3.95. The first-order valence-electron chi connectivity index (χ1n) is 10.5. The molecule has 3 saturated heterocycles. The first-order valence-corrected chi connectivity index (χ1v) is 10.5. The molecular weight excluding hydrogens is 384 g/mol. The lowest BCUT2D eigenvalue weighted by Gasteiger charge is -2.59. The summed E-state index contributed by atoms with van der Waals surface area (Å²) in [5.41, 5.74) is 1.95. The Kier molecular flexibility index (Phi) is 6.38. The summed E-state index contributed by atoms with van der Waals surface area (Å²) in [4.78, 5) is 29.2. The van der Waals surface area contributed by atoms with E-state index in [1.165, 1.54) is 0 Å². The van der Waals surface area contributed by atoms with Crippen LogP contribution < -0.4 is 0 Å². The Morgan fingerprint density at radius 1 is 1.27 bits per heavy atom. The molecule has 0 unspecified atom stereocenters. The molecule has 3 aliphatic rings. The van der Waals surface area contributed by atoms with E-state index in [2.05, 4.69) is 11.8 Å². The Hall–Kier alpha value is -2.40. The van der Waals surface area contributed by atoms with E-state index in [0.717, 1.165) is 11.1 Å². The van der Waals surface area contributed by atoms with E-state index in [0.29, 0.717) is 39.2 Å². The van der Waals surface area contributed by atoms with Gasteiger partial charge in [0.1, 0.15) is 6.61 Å². The van der Waals surface area contributed by atoms with Crippen LogP contribution in [0.1, 0.15) is 29.9 Å². The summed E-state index contributed by atoms with van der Waals surface area (Å²) in [5, 5.41) is 9.93. The fourth-order valence-corrected chi connectivity index (χ4v) is 4.87. The number of piperazine rings is 1. The highest BCUT2D eigenvalue weighted by Gasteiger charge is 2.54. The van der Waals surface area contributed by atoms with E-state index in [4.69, 9.17) is 9.47 Å². The smallest absolute Gasteiger partial charge is 0.242 e. The van der Waals surface area contributed by atoms with Gasteiger partial charge in [-0.15, -0.1) is 0 Å². The Balaban J connectivity index is 1.49. The summed E-state index contributed by atoms with van der Waals surface area (Å²) >= 11 is 0. The van der Waals surface area contributed by atoms with E-state index >= 15 is 0 Å². The van der Waals surface area contributed by atoms with Crippen molar-refractivity contribution in [3.63, 3.8) is 0 Å². The van der Waals surface area contributed by atoms with Gasteiger partial charge in [0, 0.05) is 44.3 Å². The number of amides is 2. The number of aliphatic hydroxyl groups excluding tert-OH is 1. The number of ether oxygens (including phenoxy) is 2. The van der Waals surface area contributed by atoms with Gasteiger partial charge in [0.05, 0.1) is 25.2 Å². The summed E-state index contributed by atoms with van der Waals surface area (Å²) in [6.07, 6.45) is 1.43. The topological polar surface area (TPSA) is 79.3 Å². The quantitative estimate of drug-likeness (QED) is 0.733. The second kappa shape index (κ2) is 9.17. The molecule has 3 aliphatic heterocycles. The highest BCUT2D eigenvalue weighted by atomic mass is 16.5. The van der Waals surface area contributed by atoms with Gasteiger partial charge in [-0.05, 0) is 30.5 Å². The van der Waals surface area contributed by atoms with Crippen molar-refractivity contribution in [2.75, 3.05) is 46.6 Å². The molecule has 0 radical (unpaired) electrons. The lowest BCUT2D eigenvalue weighted by molar-refractivity contribution is -0.169. The summed E-state index contributed by atoms with van der Waals surface area (Å²) < 4.78 is 10.3. The van der Waals surface area contributed by atoms with Gasteiger partial charge in [-0.2, -0.15) is 0 Å². The van der Waals surface area contributed by atoms with Gasteiger partial charge in [-0.1, -0.05) is 24.0 Å². The van der Waals surface area contributed by atoms with Crippen LogP contribution in [0.15, 0.2) is 24.3 Å². The van der Waals surface area contributed by atoms with Crippen molar-refractivity contribution in [1.29, 1.82) is 0 Å². The third-order valence-corrected chi connectivity index (χ3v) is 6.38. The van der Waals surface area contributed by atoms with Crippen LogP contribution in [0.2, 0.25) is 0 Å². The SMILES string of the molecule is COCC#Cc1ccc([C@H]2[C@@H](CO)N3C(=O)CN(C(=O)C4CCOCC4)C[C@H]23)cc1. The first kappa shape index (κ1) is 20.9. The van der Waals surface area contributed by atoms with Crippen molar-refractivity contribution < 1.29 is 24.2 Å². The summed E-state index contributed by atoms with van der Waals surface area (Å²) in [6, 6.07) is 7.57. The van der Waals surface area contributed by atoms with E-state index in [1.807, 2.05) is 24.3 Å². The zero-order valence-electron chi connectivity index (χ0n) is 17.3. The Bertz CT molecular complexity index is 837. The van der Waals surface area contributed by atoms with Gasteiger partial charge in [-0.3, -0.25) is 9.59 Å². The Morgan fingerprint density at radius 3 is 2.67 bits per heavy atom. The van der Waals surface area contributed by atoms with Gasteiger partial charge in [0.25, 0.3) is 0 Å². The average Bonchev–Trinajstić information content (AvgIpc) is 2.76. The minimum absolute atomic E-state index is 0.00484. The molecule has 2 amide bonds. The molecule has 0 aromatic heterocycles. The van der Waals surface area contributed by atoms with Crippen molar-refractivity contribution in [3.8, 4) is 11.8 Å². The molecule has 1 aromatic carbocycles. The molecule has 0 bridgehead atoms. The number of carbonyl (C=O) groups is 2. The molecule has 3 heterocycles. The summed E-state index contributed by atoms with van der Waals surface area (Å²) in [5.74, 6) is 5.89. The minimum atomic E-state index is -0.242. The first-order chi connectivity index (χ1) is 14.6. The van der Waals surface area contributed by atoms with Crippen LogP contribution in [0, 0.1) is 17.8 Å². The number of nitrogens with zero attached hydrogens (tertiary/aromatic N) is 2. The summed E-state index contributed by atoms with van der Waals surface area (Å²) in [6.45, 7) is 2.11. The maximum atomic E-state index is 13.0. The van der Waals surface area contributed by atoms with Crippen LogP contribution in [0.4, 0.5) is 0 Å². The van der Waals surface area contributed by atoms with Gasteiger partial charge < -0.3 is 24.4 Å². The average molecular weight is 412 g/mol. The normalized spacial score (nSPS) is 26.5. The largest absolute Gasteiger partial charge is 0.394 e. The minimum Gasteiger partial charge on any atom is -0.394 e. The van der Waals surface area contributed by atoms with Crippen LogP contribution in [0.3, 0.4) is 0 Å². The second-order valence-electron chi connectivity index (χ2n) is 8.11. The van der Waals surface area contributed by atoms with Crippen LogP contribution in [-0.2, 0) is 19.1 Å². The maximum Gasteiger partial charge on any atom is 0.242 e. The molecule has 7 heteroatoms. The molecule has 0 aliphatic carbocycles. The summed E-state index contributed by atoms with van der Waals surface area (Å²) in [7, 11) is 1.61. The molecule has 0 spiro atoms. The number of aliphatic hydroxyl groups is 1. The van der Waals surface area contributed by atoms with Crippen LogP contribution in [-0.4, -0.2) is 85.4 Å². The van der Waals surface area contributed by atoms with E-state index < -0.39 is 0 Å². The molecule has 1 aromatic rings. The van der Waals surface area contributed by atoms with Crippen LogP contribution in [0.5, 0.6) is 0 Å². The highest BCUT2D eigenvalue weighted by Crippen LogP contribution is 2.43. The van der Waals surface area contributed by atoms with E-state index in [1.54, 1.807) is 16.9 Å². The second-order valence-corrected chi connectivity index (χ2v) is 8.11. The van der Waals surface area contributed by atoms with Crippen molar-refractivity contribution in [1.82, 2.24) is 9.80 Å². The van der Waals surface area contributed by atoms with Crippen molar-refractivity contribution in [2.24, 2.45) is 5.92 Å². The number of hydrogen-bond donors (Lipinski definition) is 1. The number of fused-ring (bicyclic) bond motifs is 1. The predicted octanol–water partition coefficient (Wildman–Crippen LogP) is 0.609. The molecule has 30 heavy (non-hydrogen) atoms. The number of rotatable bonds is 4. The van der Waals surface area contributed by atoms with Gasteiger partial charge in [0.2, 0.25) is 11.8 Å². The molecule has 3 atom stereocenters. The number of methoxy groups -OCH3 is 1. The number of hydrogen-bond acceptors (Lipinski definition) is 5. The molecule has 160 valence electrons. The van der Waals surface area contributed by atoms with Gasteiger partial charge >= 0.3 is 0 Å². The van der Waals surface area contributed by atoms with Crippen molar-refractivity contribution in [3.05, 3.63) is 35.4 Å². The van der Waals surface area contributed by atoms with Gasteiger partial charge in [0.15, 0.2) is 0 Å². The van der Waals surface area contributed by atoms with E-state index in [9.17, 15) is 14.7 Å². The third-order valence-electron chi connectivity index (χ3n) is 6.38. The number of carbonyl (C=O) groups excluding carboxylic acids is 2. The zero-order chi connectivity index (χ0) is 21.1. The molecule has 0 saturated carbocycles. The fourth-order valence-electron chi connectivity index (χ4n) is 4.87. The lowest BCUT2D eigenvalue weighted by Crippen LogP contribution is -2.73. The van der Waals surface area contributed by atoms with Crippen LogP contribution in [0.25, 0.3) is 0 Å². The fraction of sp³-hybridized carbons (Fsp3) is 0.565. The maximum absolute atomic E-state index is 13.0. The Labute approximate surface area is 176 Å². The van der Waals surface area contributed by atoms with Crippen LogP contribution >= 0.6 is 0 Å². The van der Waals surface area contributed by atoms with Crippen molar-refractivity contribution in [2.45, 2.75) is 30.8 Å². The zero-order valence-corrected chi connectivity index (χ0v) is 17.3. The molecule has 4 rings (SSSR count). The predicted molar refractivity (Wildman–Crippen MR) is 110 cm³/mol. The lowest BCUT2D eigenvalue weighted by atomic mass is 9.73. The molecule has 3 fully saturated rings. The number of benzene rings is 1. The highest BCUT2D eigenvalue weighted by molar-refractivity contribution is 5.88. The van der Waals surface area contributed by atoms with Gasteiger partial charge in [-0.25, -0.2) is 0 Å². The monoisotopic (exact) mass is 412 g/mol. The van der Waals surface area contributed by atoms with Crippen molar-refractivity contribution >= 4 is 11.8 Å². The van der Waals surface area contributed by atoms with E-state index in [-0.39, 0.29) is 48.9 Å². The molecule has 7 nitrogen and oxygen atoms in total. The molecular formula is C23H28N2O5. The molecule has 1 N–H and O–H groups in total. The Morgan fingerprint density at radius 2 is 2.00 bits per heavy atom.